The van der Waals surface area contributed by atoms with Gasteiger partial charge in [-0.3, -0.25) is 4.68 Å². The molecule has 0 saturated heterocycles. The molecule has 1 aromatic rings. The highest BCUT2D eigenvalue weighted by atomic mass is 35.5. The summed E-state index contributed by atoms with van der Waals surface area (Å²) in [7, 11) is 1.29. The Morgan fingerprint density at radius 3 is 2.59 bits per heavy atom. The van der Waals surface area contributed by atoms with Crippen molar-refractivity contribution >= 4 is 23.7 Å². The van der Waals surface area contributed by atoms with Crippen LogP contribution >= 0.6 is 11.6 Å². The molecule has 0 radical (unpaired) electrons. The largest absolute Gasteiger partial charge is 0.464 e. The normalized spacial score (nSPS) is 12.6. The number of nitrogens with one attached hydrogen (secondary N) is 1. The van der Waals surface area contributed by atoms with Crippen molar-refractivity contribution in [1.82, 2.24) is 15.1 Å². The van der Waals surface area contributed by atoms with Crippen LogP contribution in [-0.4, -0.2) is 41.1 Å². The smallest absolute Gasteiger partial charge is 0.407 e. The van der Waals surface area contributed by atoms with E-state index in [0.29, 0.717) is 12.2 Å². The first kappa shape index (κ1) is 18.3. The monoisotopic (exact) mass is 331 g/mol. The minimum absolute atomic E-state index is 0.183. The van der Waals surface area contributed by atoms with Crippen molar-refractivity contribution in [3.63, 3.8) is 0 Å². The lowest BCUT2D eigenvalue weighted by Crippen LogP contribution is -2.35. The number of esters is 1. The van der Waals surface area contributed by atoms with E-state index in [1.54, 1.807) is 31.5 Å². The number of ether oxygens (including phenoxy) is 2. The molecule has 1 aromatic heterocycles. The molecule has 0 aliphatic carbocycles. The standard InChI is InChI=1S/C14H22ClN3O4/c1-9(8-16-13(20)22-14(2,3)4)18-10(7-15)6-11(17-18)12(19)21-5/h6,9H,7-8H2,1-5H3,(H,16,20)/t9-/m1/s1. The van der Waals surface area contributed by atoms with Crippen LogP contribution in [-0.2, 0) is 15.4 Å². The Balaban J connectivity index is 2.72. The van der Waals surface area contributed by atoms with Crippen molar-refractivity contribution in [3.05, 3.63) is 17.5 Å². The maximum Gasteiger partial charge on any atom is 0.407 e. The number of methoxy groups -OCH3 is 1. The van der Waals surface area contributed by atoms with Gasteiger partial charge in [0.05, 0.1) is 24.7 Å². The van der Waals surface area contributed by atoms with Crippen molar-refractivity contribution in [3.8, 4) is 0 Å². The second-order valence-corrected chi connectivity index (χ2v) is 6.09. The summed E-state index contributed by atoms with van der Waals surface area (Å²) in [4.78, 5) is 23.2. The van der Waals surface area contributed by atoms with E-state index in [0.717, 1.165) is 0 Å². The van der Waals surface area contributed by atoms with Gasteiger partial charge in [0.2, 0.25) is 0 Å². The molecule has 1 amide bonds. The molecule has 1 atom stereocenters. The third-order valence-electron chi connectivity index (χ3n) is 2.70. The van der Waals surface area contributed by atoms with E-state index in [1.165, 1.54) is 7.11 Å². The Morgan fingerprint density at radius 1 is 1.45 bits per heavy atom. The predicted octanol–water partition coefficient (Wildman–Crippen LogP) is 2.49. The van der Waals surface area contributed by atoms with Crippen LogP contribution in [0, 0.1) is 0 Å². The van der Waals surface area contributed by atoms with Crippen LogP contribution in [0.5, 0.6) is 0 Å². The van der Waals surface area contributed by atoms with Crippen LogP contribution in [0.15, 0.2) is 6.07 Å². The minimum Gasteiger partial charge on any atom is -0.464 e. The fourth-order valence-corrected chi connectivity index (χ4v) is 1.95. The van der Waals surface area contributed by atoms with Crippen LogP contribution in [0.3, 0.4) is 0 Å². The Hall–Kier alpha value is -1.76. The van der Waals surface area contributed by atoms with E-state index in [-0.39, 0.29) is 17.6 Å². The van der Waals surface area contributed by atoms with Gasteiger partial charge in [0, 0.05) is 6.54 Å². The molecule has 0 bridgehead atoms. The van der Waals surface area contributed by atoms with E-state index in [1.807, 2.05) is 6.92 Å². The van der Waals surface area contributed by atoms with Crippen LogP contribution in [0.4, 0.5) is 4.79 Å². The van der Waals surface area contributed by atoms with E-state index in [4.69, 9.17) is 16.3 Å². The van der Waals surface area contributed by atoms with Crippen LogP contribution in [0.2, 0.25) is 0 Å². The molecule has 124 valence electrons. The fraction of sp³-hybridized carbons (Fsp3) is 0.643. The molecule has 7 nitrogen and oxygen atoms in total. The number of halogens is 1. The maximum absolute atomic E-state index is 11.6. The Morgan fingerprint density at radius 2 is 2.09 bits per heavy atom. The Labute approximate surface area is 134 Å². The first-order valence-electron chi connectivity index (χ1n) is 6.87. The van der Waals surface area contributed by atoms with Crippen molar-refractivity contribution in [1.29, 1.82) is 0 Å². The van der Waals surface area contributed by atoms with Gasteiger partial charge in [0.25, 0.3) is 0 Å². The van der Waals surface area contributed by atoms with Crippen molar-refractivity contribution < 1.29 is 19.1 Å². The first-order valence-corrected chi connectivity index (χ1v) is 7.41. The number of rotatable bonds is 5. The van der Waals surface area contributed by atoms with E-state index < -0.39 is 17.7 Å². The number of aromatic nitrogens is 2. The highest BCUT2D eigenvalue weighted by Crippen LogP contribution is 2.15. The van der Waals surface area contributed by atoms with Gasteiger partial charge in [-0.1, -0.05) is 0 Å². The van der Waals surface area contributed by atoms with Gasteiger partial charge >= 0.3 is 12.1 Å². The molecule has 22 heavy (non-hydrogen) atoms. The first-order chi connectivity index (χ1) is 10.2. The molecule has 0 fully saturated rings. The molecular weight excluding hydrogens is 310 g/mol. The van der Waals surface area contributed by atoms with Crippen LogP contribution in [0.1, 0.15) is 49.9 Å². The SMILES string of the molecule is COC(=O)c1cc(CCl)n([C@H](C)CNC(=O)OC(C)(C)C)n1. The van der Waals surface area contributed by atoms with Crippen molar-refractivity contribution in [2.24, 2.45) is 0 Å². The van der Waals surface area contributed by atoms with Gasteiger partial charge in [-0.25, -0.2) is 9.59 Å². The van der Waals surface area contributed by atoms with E-state index in [2.05, 4.69) is 15.2 Å². The Kier molecular flexibility index (Phi) is 6.22. The summed E-state index contributed by atoms with van der Waals surface area (Å²) in [5, 5.41) is 6.83. The van der Waals surface area contributed by atoms with Gasteiger partial charge in [-0.15, -0.1) is 11.6 Å². The molecule has 0 spiro atoms. The molecular formula is C14H22ClN3O4. The van der Waals surface area contributed by atoms with Gasteiger partial charge in [0.1, 0.15) is 5.60 Å². The lowest BCUT2D eigenvalue weighted by atomic mass is 10.2. The average molecular weight is 332 g/mol. The zero-order valence-corrected chi connectivity index (χ0v) is 14.2. The zero-order chi connectivity index (χ0) is 16.9. The topological polar surface area (TPSA) is 82.5 Å². The molecule has 1 heterocycles. The summed E-state index contributed by atoms with van der Waals surface area (Å²) >= 11 is 5.86. The highest BCUT2D eigenvalue weighted by molar-refractivity contribution is 6.17. The zero-order valence-electron chi connectivity index (χ0n) is 13.5. The molecule has 0 aliphatic heterocycles. The third kappa shape index (κ3) is 5.22. The maximum atomic E-state index is 11.6. The summed E-state index contributed by atoms with van der Waals surface area (Å²) in [5.41, 5.74) is 0.293. The summed E-state index contributed by atoms with van der Waals surface area (Å²) in [6.45, 7) is 7.51. The second-order valence-electron chi connectivity index (χ2n) is 5.82. The van der Waals surface area contributed by atoms with E-state index in [9.17, 15) is 9.59 Å². The van der Waals surface area contributed by atoms with Crippen molar-refractivity contribution in [2.45, 2.75) is 45.2 Å². The summed E-state index contributed by atoms with van der Waals surface area (Å²) in [5.74, 6) is -0.335. The predicted molar refractivity (Wildman–Crippen MR) is 82.1 cm³/mol. The van der Waals surface area contributed by atoms with Crippen LogP contribution in [0.25, 0.3) is 0 Å². The fourth-order valence-electron chi connectivity index (χ4n) is 1.75. The summed E-state index contributed by atoms with van der Waals surface area (Å²) in [6, 6.07) is 1.38. The summed E-state index contributed by atoms with van der Waals surface area (Å²) < 4.78 is 11.4. The highest BCUT2D eigenvalue weighted by Gasteiger charge is 2.20. The van der Waals surface area contributed by atoms with Gasteiger partial charge in [0.15, 0.2) is 5.69 Å². The number of hydrogen-bond acceptors (Lipinski definition) is 5. The molecule has 8 heteroatoms. The average Bonchev–Trinajstić information content (AvgIpc) is 2.86. The quantitative estimate of drug-likeness (QED) is 0.662. The third-order valence-corrected chi connectivity index (χ3v) is 2.98. The van der Waals surface area contributed by atoms with Gasteiger partial charge in [-0.05, 0) is 33.8 Å². The molecule has 0 saturated carbocycles. The number of carbonyl (C=O) groups excluding carboxylic acids is 2. The van der Waals surface area contributed by atoms with Gasteiger partial charge < -0.3 is 14.8 Å². The number of hydrogen-bond donors (Lipinski definition) is 1. The molecule has 1 N–H and O–H groups in total. The molecule has 0 aliphatic rings. The lowest BCUT2D eigenvalue weighted by Gasteiger charge is -2.21. The van der Waals surface area contributed by atoms with Gasteiger partial charge in [-0.2, -0.15) is 5.10 Å². The number of alkyl halides is 1. The number of alkyl carbamates (subject to hydrolysis) is 1. The van der Waals surface area contributed by atoms with Crippen molar-refractivity contribution in [2.75, 3.05) is 13.7 Å². The number of amides is 1. The second kappa shape index (κ2) is 7.49. The molecule has 0 unspecified atom stereocenters. The van der Waals surface area contributed by atoms with E-state index >= 15 is 0 Å². The minimum atomic E-state index is -0.557. The Bertz CT molecular complexity index is 537. The summed E-state index contributed by atoms with van der Waals surface area (Å²) in [6.07, 6.45) is -0.507. The number of carbonyl (C=O) groups is 2. The lowest BCUT2D eigenvalue weighted by molar-refractivity contribution is 0.0517. The number of nitrogens with zero attached hydrogens (tertiary/aromatic N) is 2. The molecule has 0 aromatic carbocycles. The van der Waals surface area contributed by atoms with Crippen LogP contribution < -0.4 is 5.32 Å². The molecule has 1 rings (SSSR count).